The Bertz CT molecular complexity index is 954. The van der Waals surface area contributed by atoms with Crippen LogP contribution in [0, 0.1) is 0 Å². The second kappa shape index (κ2) is 7.50. The van der Waals surface area contributed by atoms with Gasteiger partial charge in [-0.1, -0.05) is 30.3 Å². The van der Waals surface area contributed by atoms with E-state index in [9.17, 15) is 4.79 Å². The number of para-hydroxylation sites is 3. The molecule has 1 aliphatic heterocycles. The van der Waals surface area contributed by atoms with Gasteiger partial charge in [-0.25, -0.2) is 4.98 Å². The fourth-order valence-corrected chi connectivity index (χ4v) is 3.42. The van der Waals surface area contributed by atoms with Crippen molar-refractivity contribution in [2.45, 2.75) is 12.8 Å². The first kappa shape index (κ1) is 17.1. The van der Waals surface area contributed by atoms with Gasteiger partial charge in [-0.3, -0.25) is 4.79 Å². The number of rotatable bonds is 4. The van der Waals surface area contributed by atoms with Gasteiger partial charge in [0.15, 0.2) is 0 Å². The number of aromatic nitrogens is 1. The number of methoxy groups -OCH3 is 1. The molecule has 1 aliphatic rings. The lowest BCUT2D eigenvalue weighted by atomic mass is 10.0. The molecule has 0 atom stereocenters. The van der Waals surface area contributed by atoms with Crippen LogP contribution >= 0.6 is 0 Å². The zero-order chi connectivity index (χ0) is 18.6. The van der Waals surface area contributed by atoms with Crippen LogP contribution in [0.15, 0.2) is 66.9 Å². The normalized spacial score (nSPS) is 13.0. The number of hydrogen-bond acceptors (Lipinski definition) is 4. The minimum Gasteiger partial charge on any atom is -0.495 e. The van der Waals surface area contributed by atoms with Crippen LogP contribution in [-0.4, -0.2) is 24.5 Å². The first-order chi connectivity index (χ1) is 13.3. The average Bonchev–Trinajstić information content (AvgIpc) is 2.74. The number of pyridine rings is 1. The predicted octanol–water partition coefficient (Wildman–Crippen LogP) is 4.43. The zero-order valence-corrected chi connectivity index (χ0v) is 15.2. The summed E-state index contributed by atoms with van der Waals surface area (Å²) in [5, 5.41) is 2.85. The smallest absolute Gasteiger partial charge is 0.274 e. The van der Waals surface area contributed by atoms with Gasteiger partial charge in [0, 0.05) is 12.2 Å². The van der Waals surface area contributed by atoms with Crippen molar-refractivity contribution < 1.29 is 9.53 Å². The van der Waals surface area contributed by atoms with Crippen LogP contribution in [0.1, 0.15) is 22.5 Å². The van der Waals surface area contributed by atoms with Gasteiger partial charge in [-0.05, 0) is 48.7 Å². The van der Waals surface area contributed by atoms with E-state index in [1.54, 1.807) is 31.5 Å². The third-order valence-corrected chi connectivity index (χ3v) is 4.76. The summed E-state index contributed by atoms with van der Waals surface area (Å²) >= 11 is 0. The highest BCUT2D eigenvalue weighted by Gasteiger charge is 2.18. The molecule has 0 saturated heterocycles. The molecule has 5 nitrogen and oxygen atoms in total. The maximum Gasteiger partial charge on any atom is 0.274 e. The van der Waals surface area contributed by atoms with Gasteiger partial charge in [0.25, 0.3) is 5.91 Å². The van der Waals surface area contributed by atoms with Crippen LogP contribution in [0.25, 0.3) is 0 Å². The first-order valence-corrected chi connectivity index (χ1v) is 9.02. The summed E-state index contributed by atoms with van der Waals surface area (Å²) in [7, 11) is 1.58. The fourth-order valence-electron chi connectivity index (χ4n) is 3.42. The minimum absolute atomic E-state index is 0.259. The number of fused-ring (bicyclic) bond motifs is 1. The van der Waals surface area contributed by atoms with Gasteiger partial charge in [0.05, 0.1) is 24.7 Å². The summed E-state index contributed by atoms with van der Waals surface area (Å²) in [5.74, 6) is 0.359. The van der Waals surface area contributed by atoms with Crippen LogP contribution in [0.5, 0.6) is 5.75 Å². The number of amides is 1. The molecule has 0 bridgehead atoms. The van der Waals surface area contributed by atoms with Crippen molar-refractivity contribution >= 4 is 23.0 Å². The molecular formula is C22H21N3O2. The third kappa shape index (κ3) is 3.49. The number of anilines is 3. The fraction of sp³-hybridized carbons (Fsp3) is 0.182. The van der Waals surface area contributed by atoms with Crippen molar-refractivity contribution in [3.8, 4) is 5.75 Å². The highest BCUT2D eigenvalue weighted by molar-refractivity contribution is 6.03. The molecule has 0 fully saturated rings. The Morgan fingerprint density at radius 2 is 1.89 bits per heavy atom. The van der Waals surface area contributed by atoms with Crippen molar-refractivity contribution in [3.05, 3.63) is 78.1 Å². The predicted molar refractivity (Wildman–Crippen MR) is 107 cm³/mol. The highest BCUT2D eigenvalue weighted by atomic mass is 16.5. The number of ether oxygens (including phenoxy) is 1. The topological polar surface area (TPSA) is 54.5 Å². The molecule has 1 N–H and O–H groups in total. The van der Waals surface area contributed by atoms with Gasteiger partial charge >= 0.3 is 0 Å². The number of aryl methyl sites for hydroxylation is 1. The molecule has 0 spiro atoms. The van der Waals surface area contributed by atoms with E-state index in [1.807, 2.05) is 18.2 Å². The van der Waals surface area contributed by atoms with E-state index in [0.29, 0.717) is 17.1 Å². The Hall–Kier alpha value is -3.34. The molecule has 0 aliphatic carbocycles. The number of nitrogens with zero attached hydrogens (tertiary/aromatic N) is 2. The van der Waals surface area contributed by atoms with Crippen molar-refractivity contribution in [2.75, 3.05) is 23.9 Å². The summed E-state index contributed by atoms with van der Waals surface area (Å²) < 4.78 is 5.27. The molecule has 1 amide bonds. The SMILES string of the molecule is COc1ccccc1NC(=O)c1ccc(N2CCCc3ccccc32)cn1. The minimum atomic E-state index is -0.259. The van der Waals surface area contributed by atoms with Crippen molar-refractivity contribution in [1.82, 2.24) is 4.98 Å². The number of benzene rings is 2. The summed E-state index contributed by atoms with van der Waals surface area (Å²) in [6.07, 6.45) is 3.96. The molecule has 2 aromatic carbocycles. The third-order valence-electron chi connectivity index (χ3n) is 4.76. The monoisotopic (exact) mass is 359 g/mol. The Balaban J connectivity index is 1.54. The van der Waals surface area contributed by atoms with E-state index in [-0.39, 0.29) is 5.91 Å². The number of carbonyl (C=O) groups is 1. The van der Waals surface area contributed by atoms with Crippen LogP contribution in [0.4, 0.5) is 17.1 Å². The molecule has 0 saturated carbocycles. The Morgan fingerprint density at radius 1 is 1.07 bits per heavy atom. The first-order valence-electron chi connectivity index (χ1n) is 9.02. The van der Waals surface area contributed by atoms with E-state index >= 15 is 0 Å². The quantitative estimate of drug-likeness (QED) is 0.749. The standard InChI is InChI=1S/C22H21N3O2/c1-27-21-11-5-3-9-18(21)24-22(26)19-13-12-17(15-23-19)25-14-6-8-16-7-2-4-10-20(16)25/h2-5,7,9-13,15H,6,8,14H2,1H3,(H,24,26). The lowest BCUT2D eigenvalue weighted by Crippen LogP contribution is -2.24. The van der Waals surface area contributed by atoms with Crippen LogP contribution in [0.3, 0.4) is 0 Å². The number of carbonyl (C=O) groups excluding carboxylic acids is 1. The molecule has 0 radical (unpaired) electrons. The van der Waals surface area contributed by atoms with Crippen molar-refractivity contribution in [3.63, 3.8) is 0 Å². The van der Waals surface area contributed by atoms with Gasteiger partial charge < -0.3 is 15.0 Å². The van der Waals surface area contributed by atoms with Gasteiger partial charge in [-0.15, -0.1) is 0 Å². The molecule has 27 heavy (non-hydrogen) atoms. The van der Waals surface area contributed by atoms with E-state index in [2.05, 4.69) is 39.5 Å². The number of nitrogens with one attached hydrogen (secondary N) is 1. The van der Waals surface area contributed by atoms with E-state index in [0.717, 1.165) is 25.1 Å². The molecule has 1 aromatic heterocycles. The van der Waals surface area contributed by atoms with Crippen molar-refractivity contribution in [2.24, 2.45) is 0 Å². The highest BCUT2D eigenvalue weighted by Crippen LogP contribution is 2.33. The summed E-state index contributed by atoms with van der Waals surface area (Å²) in [5.41, 5.74) is 4.56. The molecule has 136 valence electrons. The summed E-state index contributed by atoms with van der Waals surface area (Å²) in [4.78, 5) is 19.2. The number of hydrogen-bond donors (Lipinski definition) is 1. The summed E-state index contributed by atoms with van der Waals surface area (Å²) in [6, 6.07) is 19.5. The van der Waals surface area contributed by atoms with Gasteiger partial charge in [0.2, 0.25) is 0 Å². The second-order valence-electron chi connectivity index (χ2n) is 6.44. The maximum absolute atomic E-state index is 12.5. The van der Waals surface area contributed by atoms with Crippen molar-refractivity contribution in [1.29, 1.82) is 0 Å². The van der Waals surface area contributed by atoms with E-state index < -0.39 is 0 Å². The maximum atomic E-state index is 12.5. The summed E-state index contributed by atoms with van der Waals surface area (Å²) in [6.45, 7) is 0.950. The Morgan fingerprint density at radius 3 is 2.70 bits per heavy atom. The Kier molecular flexibility index (Phi) is 4.75. The van der Waals surface area contributed by atoms with Crippen LogP contribution in [0.2, 0.25) is 0 Å². The molecule has 3 aromatic rings. The van der Waals surface area contributed by atoms with Crippen LogP contribution < -0.4 is 15.0 Å². The average molecular weight is 359 g/mol. The molecule has 0 unspecified atom stereocenters. The van der Waals surface area contributed by atoms with Crippen LogP contribution in [-0.2, 0) is 6.42 Å². The van der Waals surface area contributed by atoms with E-state index in [4.69, 9.17) is 4.74 Å². The molecular weight excluding hydrogens is 338 g/mol. The Labute approximate surface area is 158 Å². The lowest BCUT2D eigenvalue weighted by molar-refractivity contribution is 0.102. The van der Waals surface area contributed by atoms with Gasteiger partial charge in [0.1, 0.15) is 11.4 Å². The lowest BCUT2D eigenvalue weighted by Gasteiger charge is -2.31. The zero-order valence-electron chi connectivity index (χ0n) is 15.2. The van der Waals surface area contributed by atoms with Gasteiger partial charge in [-0.2, -0.15) is 0 Å². The second-order valence-corrected chi connectivity index (χ2v) is 6.44. The molecule has 4 rings (SSSR count). The molecule has 2 heterocycles. The molecule has 5 heteroatoms. The van der Waals surface area contributed by atoms with E-state index in [1.165, 1.54) is 11.3 Å². The largest absolute Gasteiger partial charge is 0.495 e.